The van der Waals surface area contributed by atoms with Gasteiger partial charge in [0, 0.05) is 17.0 Å². The van der Waals surface area contributed by atoms with E-state index >= 15 is 0 Å². The van der Waals surface area contributed by atoms with Crippen molar-refractivity contribution in [2.45, 2.75) is 75.5 Å². The first-order valence-electron chi connectivity index (χ1n) is 13.9. The lowest BCUT2D eigenvalue weighted by Crippen LogP contribution is -2.58. The normalized spacial score (nSPS) is 30.6. The number of carbonyl (C=O) groups is 3. The van der Waals surface area contributed by atoms with E-state index in [2.05, 4.69) is 13.2 Å². The number of aryl methyl sites for hydroxylation is 2. The Morgan fingerprint density at radius 2 is 2.00 bits per heavy atom. The van der Waals surface area contributed by atoms with Crippen molar-refractivity contribution >= 4 is 35.2 Å². The summed E-state index contributed by atoms with van der Waals surface area (Å²) in [5.74, 6) is -2.26. The number of amides is 2. The number of ether oxygens (including phenoxy) is 1. The molecule has 3 aliphatic rings. The van der Waals surface area contributed by atoms with Crippen LogP contribution in [-0.4, -0.2) is 69.1 Å². The molecule has 212 valence electrons. The third-order valence-corrected chi connectivity index (χ3v) is 11.1. The molecule has 0 radical (unpaired) electrons. The van der Waals surface area contributed by atoms with E-state index in [0.717, 1.165) is 23.2 Å². The average Bonchev–Trinajstić information content (AvgIpc) is 3.48. The first-order valence-corrected chi connectivity index (χ1v) is 14.7. The van der Waals surface area contributed by atoms with Gasteiger partial charge in [0.2, 0.25) is 5.91 Å². The highest BCUT2D eigenvalue weighted by molar-refractivity contribution is 8.02. The smallest absolute Gasteiger partial charge is 0.311 e. The van der Waals surface area contributed by atoms with Gasteiger partial charge in [-0.25, -0.2) is 0 Å². The van der Waals surface area contributed by atoms with Crippen LogP contribution >= 0.6 is 11.8 Å². The molecule has 8 heteroatoms. The summed E-state index contributed by atoms with van der Waals surface area (Å²) >= 11 is 1.61. The zero-order chi connectivity index (χ0) is 28.7. The van der Waals surface area contributed by atoms with Crippen molar-refractivity contribution in [2.75, 3.05) is 24.7 Å². The average molecular weight is 555 g/mol. The molecule has 0 aromatic heterocycles. The van der Waals surface area contributed by atoms with Crippen LogP contribution in [0.15, 0.2) is 43.5 Å². The highest BCUT2D eigenvalue weighted by atomic mass is 32.2. The van der Waals surface area contributed by atoms with Crippen molar-refractivity contribution < 1.29 is 24.2 Å². The number of hydrogen-bond donors (Lipinski definition) is 1. The second kappa shape index (κ2) is 11.1. The third kappa shape index (κ3) is 4.63. The minimum absolute atomic E-state index is 0.0398. The number of aliphatic hydroxyl groups is 1. The van der Waals surface area contributed by atoms with Gasteiger partial charge in [0.15, 0.2) is 0 Å². The molecule has 3 aliphatic heterocycles. The van der Waals surface area contributed by atoms with Crippen LogP contribution in [0.2, 0.25) is 0 Å². The van der Waals surface area contributed by atoms with Gasteiger partial charge in [0.05, 0.1) is 29.2 Å². The van der Waals surface area contributed by atoms with Gasteiger partial charge < -0.3 is 19.6 Å². The van der Waals surface area contributed by atoms with E-state index in [4.69, 9.17) is 4.74 Å². The van der Waals surface area contributed by atoms with E-state index in [-0.39, 0.29) is 37.5 Å². The number of thioether (sulfide) groups is 1. The molecular formula is C31H42N2O5S. The molecular weight excluding hydrogens is 512 g/mol. The summed E-state index contributed by atoms with van der Waals surface area (Å²) in [6, 6.07) is 4.61. The SMILES string of the molecule is C=CCOC(=O)[C@H]1[C@H]2C(=O)N([C@@H](CO)[C@@H](C)CC)C(C(=O)N(CC=C)c3cc(C)ccc3C)C23CC[C@]1(C)S3. The number of carbonyl (C=O) groups excluding carboxylic acids is 3. The number of anilines is 1. The first-order chi connectivity index (χ1) is 18.5. The second-order valence-corrected chi connectivity index (χ2v) is 13.5. The van der Waals surface area contributed by atoms with Crippen LogP contribution in [-0.2, 0) is 19.1 Å². The van der Waals surface area contributed by atoms with Gasteiger partial charge in [-0.05, 0) is 56.7 Å². The molecule has 39 heavy (non-hydrogen) atoms. The highest BCUT2D eigenvalue weighted by Crippen LogP contribution is 2.72. The number of hydrogen-bond acceptors (Lipinski definition) is 6. The highest BCUT2D eigenvalue weighted by Gasteiger charge is 2.78. The Hall–Kier alpha value is -2.58. The molecule has 7 atom stereocenters. The van der Waals surface area contributed by atoms with Crippen molar-refractivity contribution in [3.05, 3.63) is 54.6 Å². The topological polar surface area (TPSA) is 87.1 Å². The van der Waals surface area contributed by atoms with E-state index in [9.17, 15) is 19.5 Å². The maximum atomic E-state index is 14.8. The predicted octanol–water partition coefficient (Wildman–Crippen LogP) is 4.44. The van der Waals surface area contributed by atoms with Crippen LogP contribution in [0.3, 0.4) is 0 Å². The summed E-state index contributed by atoms with van der Waals surface area (Å²) in [5.41, 5.74) is 2.75. The molecule has 3 fully saturated rings. The molecule has 1 aromatic rings. The van der Waals surface area contributed by atoms with E-state index in [1.165, 1.54) is 6.08 Å². The van der Waals surface area contributed by atoms with Crippen molar-refractivity contribution in [2.24, 2.45) is 17.8 Å². The maximum Gasteiger partial charge on any atom is 0.311 e. The maximum absolute atomic E-state index is 14.8. The summed E-state index contributed by atoms with van der Waals surface area (Å²) in [4.78, 5) is 46.1. The molecule has 2 bridgehead atoms. The van der Waals surface area contributed by atoms with Gasteiger partial charge in [-0.15, -0.1) is 18.3 Å². The molecule has 4 rings (SSSR count). The zero-order valence-electron chi connectivity index (χ0n) is 23.8. The van der Waals surface area contributed by atoms with Gasteiger partial charge in [-0.1, -0.05) is 51.1 Å². The fraction of sp³-hybridized carbons (Fsp3) is 0.581. The van der Waals surface area contributed by atoms with Crippen molar-refractivity contribution in [3.8, 4) is 0 Å². The molecule has 1 aromatic carbocycles. The van der Waals surface area contributed by atoms with Gasteiger partial charge in [0.1, 0.15) is 12.6 Å². The lowest BCUT2D eigenvalue weighted by atomic mass is 9.66. The third-order valence-electron chi connectivity index (χ3n) is 9.12. The Morgan fingerprint density at radius 1 is 1.28 bits per heavy atom. The largest absolute Gasteiger partial charge is 0.461 e. The number of aliphatic hydroxyl groups excluding tert-OH is 1. The van der Waals surface area contributed by atoms with Crippen LogP contribution in [0.5, 0.6) is 0 Å². The Morgan fingerprint density at radius 3 is 2.62 bits per heavy atom. The fourth-order valence-corrected chi connectivity index (χ4v) is 9.32. The van der Waals surface area contributed by atoms with Gasteiger partial charge in [0.25, 0.3) is 5.91 Å². The molecule has 7 nitrogen and oxygen atoms in total. The first kappa shape index (κ1) is 29.4. The van der Waals surface area contributed by atoms with Crippen molar-refractivity contribution in [3.63, 3.8) is 0 Å². The quantitative estimate of drug-likeness (QED) is 0.322. The lowest BCUT2D eigenvalue weighted by molar-refractivity contribution is -0.155. The van der Waals surface area contributed by atoms with Crippen LogP contribution in [0.4, 0.5) is 5.69 Å². The van der Waals surface area contributed by atoms with Gasteiger partial charge in [-0.2, -0.15) is 0 Å². The van der Waals surface area contributed by atoms with Gasteiger partial charge in [-0.3, -0.25) is 14.4 Å². The van der Waals surface area contributed by atoms with Crippen LogP contribution in [0, 0.1) is 31.6 Å². The molecule has 1 spiro atoms. The number of fused-ring (bicyclic) bond motifs is 1. The fourth-order valence-electron chi connectivity index (χ4n) is 7.00. The molecule has 3 saturated heterocycles. The summed E-state index contributed by atoms with van der Waals surface area (Å²) < 4.78 is 4.21. The lowest BCUT2D eigenvalue weighted by Gasteiger charge is -2.41. The van der Waals surface area contributed by atoms with Crippen LogP contribution in [0.1, 0.15) is 51.2 Å². The number of esters is 1. The minimum atomic E-state index is -0.829. The number of nitrogens with zero attached hydrogens (tertiary/aromatic N) is 2. The number of benzene rings is 1. The van der Waals surface area contributed by atoms with E-state index in [1.54, 1.807) is 27.6 Å². The summed E-state index contributed by atoms with van der Waals surface area (Å²) in [7, 11) is 0. The van der Waals surface area contributed by atoms with E-state index in [0.29, 0.717) is 12.8 Å². The summed E-state index contributed by atoms with van der Waals surface area (Å²) in [6.45, 7) is 17.6. The molecule has 3 heterocycles. The van der Waals surface area contributed by atoms with Crippen LogP contribution in [0.25, 0.3) is 0 Å². The number of likely N-dealkylation sites (tertiary alicyclic amines) is 1. The molecule has 2 unspecified atom stereocenters. The Kier molecular flexibility index (Phi) is 8.39. The second-order valence-electron chi connectivity index (χ2n) is 11.6. The molecule has 2 amide bonds. The monoisotopic (exact) mass is 554 g/mol. The van der Waals surface area contributed by atoms with Crippen molar-refractivity contribution in [1.82, 2.24) is 4.90 Å². The Labute approximate surface area is 236 Å². The molecule has 0 aliphatic carbocycles. The van der Waals surface area contributed by atoms with Gasteiger partial charge >= 0.3 is 5.97 Å². The van der Waals surface area contributed by atoms with E-state index in [1.807, 2.05) is 52.8 Å². The molecule has 1 N–H and O–H groups in total. The summed E-state index contributed by atoms with van der Waals surface area (Å²) in [5, 5.41) is 10.6. The van der Waals surface area contributed by atoms with Crippen LogP contribution < -0.4 is 4.90 Å². The Balaban J connectivity index is 1.88. The minimum Gasteiger partial charge on any atom is -0.461 e. The predicted molar refractivity (Wildman–Crippen MR) is 156 cm³/mol. The Bertz CT molecular complexity index is 1170. The standard InChI is InChI=1S/C31H42N2O5S/c1-8-15-32(22-17-19(4)11-12-21(22)6)28(36)26-31-14-13-30(7,39-31)25(29(37)38-16-9-2)24(31)27(35)33(26)23(18-34)20(5)10-3/h8-9,11-12,17,20,23-26,34H,1-2,10,13-16,18H2,3-7H3/t20-,23-,24-,25+,26?,30-,31?/m0/s1. The number of rotatable bonds is 11. The summed E-state index contributed by atoms with van der Waals surface area (Å²) in [6.07, 6.45) is 5.29. The molecule has 0 saturated carbocycles. The van der Waals surface area contributed by atoms with Crippen molar-refractivity contribution in [1.29, 1.82) is 0 Å². The zero-order valence-corrected chi connectivity index (χ0v) is 24.6. The van der Waals surface area contributed by atoms with E-state index < -0.39 is 39.4 Å².